The molecule has 23 heavy (non-hydrogen) atoms. The van der Waals surface area contributed by atoms with Crippen LogP contribution in [0, 0.1) is 0 Å². The van der Waals surface area contributed by atoms with Gasteiger partial charge in [0.1, 0.15) is 10.7 Å². The lowest BCUT2D eigenvalue weighted by atomic mass is 10.3. The van der Waals surface area contributed by atoms with Gasteiger partial charge in [0.05, 0.1) is 11.3 Å². The highest BCUT2D eigenvalue weighted by Gasteiger charge is 2.32. The van der Waals surface area contributed by atoms with Crippen LogP contribution in [0.25, 0.3) is 0 Å². The summed E-state index contributed by atoms with van der Waals surface area (Å²) >= 11 is 1.86. The minimum atomic E-state index is -4.58. The van der Waals surface area contributed by atoms with Gasteiger partial charge in [0, 0.05) is 6.20 Å². The minimum Gasteiger partial charge on any atom is -0.366 e. The van der Waals surface area contributed by atoms with Gasteiger partial charge >= 0.3 is 6.18 Å². The van der Waals surface area contributed by atoms with Crippen LogP contribution in [-0.2, 0) is 11.0 Å². The second-order valence-corrected chi connectivity index (χ2v) is 5.95. The molecule has 0 unspecified atom stereocenters. The quantitative estimate of drug-likeness (QED) is 0.629. The van der Waals surface area contributed by atoms with E-state index in [4.69, 9.17) is 5.73 Å². The van der Waals surface area contributed by atoms with E-state index in [0.29, 0.717) is 0 Å². The molecule has 0 saturated heterocycles. The van der Waals surface area contributed by atoms with Crippen molar-refractivity contribution < 1.29 is 22.8 Å². The number of rotatable bonds is 5. The van der Waals surface area contributed by atoms with E-state index in [1.165, 1.54) is 6.07 Å². The fourth-order valence-electron chi connectivity index (χ4n) is 1.46. The molecule has 6 nitrogen and oxygen atoms in total. The molecule has 2 aromatic rings. The van der Waals surface area contributed by atoms with Gasteiger partial charge in [0.15, 0.2) is 5.16 Å². The third-order valence-electron chi connectivity index (χ3n) is 2.44. The van der Waals surface area contributed by atoms with Crippen molar-refractivity contribution in [2.45, 2.75) is 11.3 Å². The standard InChI is InChI=1S/C12H9F3N4O2S2/c13-12(14,15)7-1-3-17-11(18-7)23-5-8(20)19-10-6(9(16)21)2-4-22-10/h1-4H,5H2,(H2,16,21)(H,19,20). The van der Waals surface area contributed by atoms with E-state index in [9.17, 15) is 22.8 Å². The van der Waals surface area contributed by atoms with Gasteiger partial charge < -0.3 is 11.1 Å². The molecule has 0 spiro atoms. The maximum atomic E-state index is 12.5. The van der Waals surface area contributed by atoms with Gasteiger partial charge in [0.25, 0.3) is 5.91 Å². The fraction of sp³-hybridized carbons (Fsp3) is 0.167. The van der Waals surface area contributed by atoms with Crippen molar-refractivity contribution in [1.82, 2.24) is 9.97 Å². The summed E-state index contributed by atoms with van der Waals surface area (Å²) in [6.07, 6.45) is -3.60. The first kappa shape index (κ1) is 17.2. The Hall–Kier alpha value is -2.14. The van der Waals surface area contributed by atoms with Gasteiger partial charge in [-0.25, -0.2) is 9.97 Å². The number of hydrogen-bond acceptors (Lipinski definition) is 6. The maximum Gasteiger partial charge on any atom is 0.433 e. The van der Waals surface area contributed by atoms with E-state index in [0.717, 1.165) is 35.4 Å². The third-order valence-corrected chi connectivity index (χ3v) is 4.13. The third kappa shape index (κ3) is 4.66. The molecule has 122 valence electrons. The van der Waals surface area contributed by atoms with Crippen molar-refractivity contribution in [3.63, 3.8) is 0 Å². The van der Waals surface area contributed by atoms with Gasteiger partial charge in [-0.15, -0.1) is 11.3 Å². The molecule has 0 bridgehead atoms. The largest absolute Gasteiger partial charge is 0.433 e. The molecule has 0 saturated carbocycles. The summed E-state index contributed by atoms with van der Waals surface area (Å²) in [5.41, 5.74) is 4.23. The first-order chi connectivity index (χ1) is 10.8. The summed E-state index contributed by atoms with van der Waals surface area (Å²) in [4.78, 5) is 29.9. The molecule has 0 aliphatic rings. The number of anilines is 1. The number of carbonyl (C=O) groups excluding carboxylic acids is 2. The number of primary amides is 1. The van der Waals surface area contributed by atoms with Crippen LogP contribution in [0.1, 0.15) is 16.1 Å². The number of aromatic nitrogens is 2. The van der Waals surface area contributed by atoms with E-state index in [-0.39, 0.29) is 21.5 Å². The normalized spacial score (nSPS) is 11.3. The van der Waals surface area contributed by atoms with Crippen molar-refractivity contribution in [2.75, 3.05) is 11.1 Å². The van der Waals surface area contributed by atoms with Crippen molar-refractivity contribution in [3.05, 3.63) is 35.0 Å². The maximum absolute atomic E-state index is 12.5. The molecule has 3 N–H and O–H groups in total. The highest BCUT2D eigenvalue weighted by Crippen LogP contribution is 2.28. The molecule has 2 rings (SSSR count). The molecular weight excluding hydrogens is 353 g/mol. The van der Waals surface area contributed by atoms with E-state index in [1.54, 1.807) is 5.38 Å². The molecule has 2 amide bonds. The van der Waals surface area contributed by atoms with Gasteiger partial charge in [-0.3, -0.25) is 9.59 Å². The van der Waals surface area contributed by atoms with Gasteiger partial charge in [-0.2, -0.15) is 13.2 Å². The van der Waals surface area contributed by atoms with Crippen LogP contribution in [0.15, 0.2) is 28.9 Å². The Labute approximate surface area is 136 Å². The molecule has 2 aromatic heterocycles. The number of nitrogens with zero attached hydrogens (tertiary/aromatic N) is 2. The molecule has 2 heterocycles. The van der Waals surface area contributed by atoms with Crippen molar-refractivity contribution in [2.24, 2.45) is 5.73 Å². The number of carbonyl (C=O) groups is 2. The Morgan fingerprint density at radius 3 is 2.74 bits per heavy atom. The van der Waals surface area contributed by atoms with Crippen LogP contribution in [0.2, 0.25) is 0 Å². The summed E-state index contributed by atoms with van der Waals surface area (Å²) in [5, 5.41) is 4.16. The number of halogens is 3. The molecule has 0 aliphatic carbocycles. The Kier molecular flexibility index (Phi) is 5.21. The molecule has 11 heteroatoms. The number of thiophene rings is 1. The molecule has 0 fully saturated rings. The number of alkyl halides is 3. The Bertz CT molecular complexity index is 733. The topological polar surface area (TPSA) is 98.0 Å². The monoisotopic (exact) mass is 362 g/mol. The predicted octanol–water partition coefficient (Wildman–Crippen LogP) is 2.39. The summed E-state index contributed by atoms with van der Waals surface area (Å²) < 4.78 is 37.6. The summed E-state index contributed by atoms with van der Waals surface area (Å²) in [7, 11) is 0. The zero-order chi connectivity index (χ0) is 17.0. The Morgan fingerprint density at radius 1 is 1.35 bits per heavy atom. The molecule has 0 atom stereocenters. The number of thioether (sulfide) groups is 1. The summed E-state index contributed by atoms with van der Waals surface area (Å²) in [6, 6.07) is 2.21. The fourth-order valence-corrected chi connectivity index (χ4v) is 2.90. The number of hydrogen-bond donors (Lipinski definition) is 2. The van der Waals surface area contributed by atoms with Crippen LogP contribution in [0.5, 0.6) is 0 Å². The first-order valence-electron chi connectivity index (χ1n) is 5.97. The van der Waals surface area contributed by atoms with Crippen LogP contribution in [-0.4, -0.2) is 27.5 Å². The minimum absolute atomic E-state index is 0.170. The Morgan fingerprint density at radius 2 is 2.09 bits per heavy atom. The average molecular weight is 362 g/mol. The highest BCUT2D eigenvalue weighted by molar-refractivity contribution is 7.99. The van der Waals surface area contributed by atoms with E-state index in [1.807, 2.05) is 0 Å². The average Bonchev–Trinajstić information content (AvgIpc) is 2.93. The molecular formula is C12H9F3N4O2S2. The van der Waals surface area contributed by atoms with Crippen LogP contribution in [0.4, 0.5) is 18.2 Å². The van der Waals surface area contributed by atoms with Gasteiger partial charge in [-0.05, 0) is 17.5 Å². The van der Waals surface area contributed by atoms with Crippen molar-refractivity contribution >= 4 is 39.9 Å². The lowest BCUT2D eigenvalue weighted by Crippen LogP contribution is -2.18. The molecule has 0 radical (unpaired) electrons. The molecule has 0 aromatic carbocycles. The zero-order valence-electron chi connectivity index (χ0n) is 11.3. The van der Waals surface area contributed by atoms with E-state index in [2.05, 4.69) is 15.3 Å². The highest BCUT2D eigenvalue weighted by atomic mass is 32.2. The second kappa shape index (κ2) is 6.96. The van der Waals surface area contributed by atoms with Gasteiger partial charge in [-0.1, -0.05) is 11.8 Å². The van der Waals surface area contributed by atoms with Gasteiger partial charge in [0.2, 0.25) is 5.91 Å². The van der Waals surface area contributed by atoms with Crippen molar-refractivity contribution in [3.8, 4) is 0 Å². The number of nitrogens with one attached hydrogen (secondary N) is 1. The van der Waals surface area contributed by atoms with Crippen LogP contribution >= 0.6 is 23.1 Å². The summed E-state index contributed by atoms with van der Waals surface area (Å²) in [6.45, 7) is 0. The van der Waals surface area contributed by atoms with Crippen molar-refractivity contribution in [1.29, 1.82) is 0 Å². The zero-order valence-corrected chi connectivity index (χ0v) is 12.9. The predicted molar refractivity (Wildman–Crippen MR) is 79.2 cm³/mol. The SMILES string of the molecule is NC(=O)c1ccsc1NC(=O)CSc1nccc(C(F)(F)F)n1. The lowest BCUT2D eigenvalue weighted by Gasteiger charge is -2.07. The number of nitrogens with two attached hydrogens (primary N) is 1. The Balaban J connectivity index is 1.97. The smallest absolute Gasteiger partial charge is 0.366 e. The first-order valence-corrected chi connectivity index (χ1v) is 7.84. The second-order valence-electron chi connectivity index (χ2n) is 4.09. The van der Waals surface area contributed by atoms with Crippen LogP contribution in [0.3, 0.4) is 0 Å². The van der Waals surface area contributed by atoms with Crippen LogP contribution < -0.4 is 11.1 Å². The summed E-state index contributed by atoms with van der Waals surface area (Å²) in [5.74, 6) is -1.41. The van der Waals surface area contributed by atoms with E-state index >= 15 is 0 Å². The molecule has 0 aliphatic heterocycles. The number of amides is 2. The lowest BCUT2D eigenvalue weighted by molar-refractivity contribution is -0.141. The van der Waals surface area contributed by atoms with E-state index < -0.39 is 23.7 Å².